The fourth-order valence-electron chi connectivity index (χ4n) is 3.35. The van der Waals surface area contributed by atoms with Crippen molar-refractivity contribution >= 4 is 33.4 Å². The van der Waals surface area contributed by atoms with Crippen LogP contribution in [0.15, 0.2) is 46.9 Å². The molecule has 1 N–H and O–H groups in total. The maximum Gasteiger partial charge on any atom is 0.229 e. The lowest BCUT2D eigenvalue weighted by molar-refractivity contribution is -0.129. The molecule has 26 heavy (non-hydrogen) atoms. The molecule has 1 heterocycles. The van der Waals surface area contributed by atoms with E-state index in [1.165, 1.54) is 0 Å². The summed E-state index contributed by atoms with van der Waals surface area (Å²) in [6, 6.07) is 13.7. The molecule has 1 aliphatic rings. The van der Waals surface area contributed by atoms with Crippen LogP contribution in [0.5, 0.6) is 0 Å². The summed E-state index contributed by atoms with van der Waals surface area (Å²) in [6.45, 7) is 6.46. The minimum atomic E-state index is -0.322. The van der Waals surface area contributed by atoms with E-state index in [0.717, 1.165) is 26.9 Å². The Morgan fingerprint density at radius 2 is 1.85 bits per heavy atom. The van der Waals surface area contributed by atoms with Crippen LogP contribution in [0.1, 0.15) is 36.1 Å². The Balaban J connectivity index is 1.70. The standard InChI is InChI=1S/C21H23BrN2O2/c1-13-14(2)19(10-9-18(13)22)23-21(26)17-11-20(25)24(12-17)15(3)16-7-5-4-6-8-16/h4-10,15,17H,11-12H2,1-3H3,(H,23,26)/t15-,17-/m1/s1. The third kappa shape index (κ3) is 3.68. The van der Waals surface area contributed by atoms with Crippen LogP contribution in [0.2, 0.25) is 0 Å². The van der Waals surface area contributed by atoms with Gasteiger partial charge in [-0.3, -0.25) is 9.59 Å². The second-order valence-corrected chi connectivity index (χ2v) is 7.72. The molecule has 4 nitrogen and oxygen atoms in total. The second-order valence-electron chi connectivity index (χ2n) is 6.87. The van der Waals surface area contributed by atoms with E-state index in [4.69, 9.17) is 0 Å². The van der Waals surface area contributed by atoms with Crippen LogP contribution in [0.4, 0.5) is 5.69 Å². The van der Waals surface area contributed by atoms with E-state index in [-0.39, 0.29) is 30.2 Å². The first-order valence-electron chi connectivity index (χ1n) is 8.79. The highest BCUT2D eigenvalue weighted by molar-refractivity contribution is 9.10. The fraction of sp³-hybridized carbons (Fsp3) is 0.333. The summed E-state index contributed by atoms with van der Waals surface area (Å²) in [6.07, 6.45) is 0.261. The summed E-state index contributed by atoms with van der Waals surface area (Å²) in [5.41, 5.74) is 4.02. The van der Waals surface area contributed by atoms with E-state index in [1.54, 1.807) is 4.90 Å². The van der Waals surface area contributed by atoms with Crippen LogP contribution in [0, 0.1) is 19.8 Å². The van der Waals surface area contributed by atoms with E-state index in [0.29, 0.717) is 6.54 Å². The monoisotopic (exact) mass is 414 g/mol. The Morgan fingerprint density at radius 3 is 2.54 bits per heavy atom. The van der Waals surface area contributed by atoms with Crippen LogP contribution in [0.3, 0.4) is 0 Å². The smallest absolute Gasteiger partial charge is 0.229 e. The van der Waals surface area contributed by atoms with Crippen molar-refractivity contribution in [1.82, 2.24) is 4.90 Å². The van der Waals surface area contributed by atoms with E-state index < -0.39 is 0 Å². The van der Waals surface area contributed by atoms with E-state index in [9.17, 15) is 9.59 Å². The van der Waals surface area contributed by atoms with Gasteiger partial charge in [0, 0.05) is 23.1 Å². The maximum atomic E-state index is 12.7. The number of hydrogen-bond donors (Lipinski definition) is 1. The van der Waals surface area contributed by atoms with Crippen molar-refractivity contribution in [3.63, 3.8) is 0 Å². The van der Waals surface area contributed by atoms with Gasteiger partial charge in [0.2, 0.25) is 11.8 Å². The number of hydrogen-bond acceptors (Lipinski definition) is 2. The molecule has 0 radical (unpaired) electrons. The van der Waals surface area contributed by atoms with Gasteiger partial charge in [-0.15, -0.1) is 0 Å². The van der Waals surface area contributed by atoms with Crippen molar-refractivity contribution in [3.05, 3.63) is 63.6 Å². The molecule has 0 saturated carbocycles. The zero-order valence-electron chi connectivity index (χ0n) is 15.3. The molecule has 1 fully saturated rings. The Bertz CT molecular complexity index is 835. The highest BCUT2D eigenvalue weighted by Crippen LogP contribution is 2.30. The Kier molecular flexibility index (Phi) is 5.47. The molecule has 2 aromatic rings. The largest absolute Gasteiger partial charge is 0.335 e. The number of nitrogens with one attached hydrogen (secondary N) is 1. The zero-order valence-corrected chi connectivity index (χ0v) is 16.8. The summed E-state index contributed by atoms with van der Waals surface area (Å²) < 4.78 is 1.02. The van der Waals surface area contributed by atoms with Crippen LogP contribution in [-0.2, 0) is 9.59 Å². The predicted molar refractivity (Wildman–Crippen MR) is 107 cm³/mol. The number of halogens is 1. The van der Waals surface area contributed by atoms with Crippen molar-refractivity contribution in [2.75, 3.05) is 11.9 Å². The van der Waals surface area contributed by atoms with Gasteiger partial charge in [-0.2, -0.15) is 0 Å². The molecule has 1 saturated heterocycles. The molecular formula is C21H23BrN2O2. The zero-order chi connectivity index (χ0) is 18.8. The van der Waals surface area contributed by atoms with E-state index >= 15 is 0 Å². The van der Waals surface area contributed by atoms with Crippen molar-refractivity contribution in [3.8, 4) is 0 Å². The van der Waals surface area contributed by atoms with E-state index in [2.05, 4.69) is 21.2 Å². The summed E-state index contributed by atoms with van der Waals surface area (Å²) in [7, 11) is 0. The summed E-state index contributed by atoms with van der Waals surface area (Å²) in [4.78, 5) is 27.0. The van der Waals surface area contributed by atoms with Gasteiger partial charge in [0.25, 0.3) is 0 Å². The highest BCUT2D eigenvalue weighted by atomic mass is 79.9. The first kappa shape index (κ1) is 18.6. The van der Waals surface area contributed by atoms with Gasteiger partial charge in [-0.25, -0.2) is 0 Å². The Morgan fingerprint density at radius 1 is 1.15 bits per heavy atom. The second kappa shape index (κ2) is 7.62. The van der Waals surface area contributed by atoms with Crippen molar-refractivity contribution in [2.24, 2.45) is 5.92 Å². The molecule has 2 atom stereocenters. The average molecular weight is 415 g/mol. The molecule has 0 spiro atoms. The average Bonchev–Trinajstić information content (AvgIpc) is 3.04. The lowest BCUT2D eigenvalue weighted by Crippen LogP contribution is -2.30. The van der Waals surface area contributed by atoms with Gasteiger partial charge < -0.3 is 10.2 Å². The number of likely N-dealkylation sites (tertiary alicyclic amines) is 1. The van der Waals surface area contributed by atoms with Crippen molar-refractivity contribution < 1.29 is 9.59 Å². The molecule has 0 aliphatic carbocycles. The Labute approximate surface area is 162 Å². The molecule has 5 heteroatoms. The quantitative estimate of drug-likeness (QED) is 0.793. The maximum absolute atomic E-state index is 12.7. The highest BCUT2D eigenvalue weighted by Gasteiger charge is 2.37. The van der Waals surface area contributed by atoms with Gasteiger partial charge in [-0.05, 0) is 49.6 Å². The number of benzene rings is 2. The number of amides is 2. The third-order valence-corrected chi connectivity index (χ3v) is 6.12. The molecule has 0 bridgehead atoms. The number of rotatable bonds is 4. The SMILES string of the molecule is Cc1c(Br)ccc(NC(=O)[C@@H]2CC(=O)N([C@H](C)c3ccccc3)C2)c1C. The van der Waals surface area contributed by atoms with Crippen molar-refractivity contribution in [1.29, 1.82) is 0 Å². The lowest BCUT2D eigenvalue weighted by atomic mass is 10.1. The van der Waals surface area contributed by atoms with Crippen molar-refractivity contribution in [2.45, 2.75) is 33.2 Å². The van der Waals surface area contributed by atoms with Gasteiger partial charge in [0.15, 0.2) is 0 Å². The molecule has 0 unspecified atom stereocenters. The molecule has 136 valence electrons. The summed E-state index contributed by atoms with van der Waals surface area (Å²) in [5.74, 6) is -0.381. The van der Waals surface area contributed by atoms with Crippen LogP contribution in [0.25, 0.3) is 0 Å². The molecule has 2 aromatic carbocycles. The van der Waals surface area contributed by atoms with Crippen LogP contribution < -0.4 is 5.32 Å². The van der Waals surface area contributed by atoms with Gasteiger partial charge >= 0.3 is 0 Å². The predicted octanol–water partition coefficient (Wildman–Crippen LogP) is 4.61. The minimum absolute atomic E-state index is 0.0295. The van der Waals surface area contributed by atoms with Gasteiger partial charge in [0.1, 0.15) is 0 Å². The summed E-state index contributed by atoms with van der Waals surface area (Å²) >= 11 is 3.50. The first-order valence-corrected chi connectivity index (χ1v) is 9.58. The van der Waals surface area contributed by atoms with E-state index in [1.807, 2.05) is 63.2 Å². The summed E-state index contributed by atoms with van der Waals surface area (Å²) in [5, 5.41) is 3.00. The Hall–Kier alpha value is -2.14. The number of carbonyl (C=O) groups is 2. The normalized spacial score (nSPS) is 18.1. The minimum Gasteiger partial charge on any atom is -0.335 e. The molecule has 3 rings (SSSR count). The first-order chi connectivity index (χ1) is 12.4. The third-order valence-electron chi connectivity index (χ3n) is 5.26. The molecule has 1 aliphatic heterocycles. The number of anilines is 1. The van der Waals surface area contributed by atoms with Crippen LogP contribution >= 0.6 is 15.9 Å². The van der Waals surface area contributed by atoms with Gasteiger partial charge in [0.05, 0.1) is 12.0 Å². The topological polar surface area (TPSA) is 49.4 Å². The lowest BCUT2D eigenvalue weighted by Gasteiger charge is -2.25. The molecule has 0 aromatic heterocycles. The fourth-order valence-corrected chi connectivity index (χ4v) is 3.78. The molecule has 2 amide bonds. The van der Waals surface area contributed by atoms with Crippen LogP contribution in [-0.4, -0.2) is 23.3 Å². The molecular weight excluding hydrogens is 392 g/mol. The number of nitrogens with zero attached hydrogens (tertiary/aromatic N) is 1. The van der Waals surface area contributed by atoms with Gasteiger partial charge in [-0.1, -0.05) is 46.3 Å². The number of carbonyl (C=O) groups excluding carboxylic acids is 2.